The summed E-state index contributed by atoms with van der Waals surface area (Å²) in [6.45, 7) is 2.54. The molecule has 268 valence electrons. The summed E-state index contributed by atoms with van der Waals surface area (Å²) in [5.74, 6) is 4.52. The molecule has 8 heteroatoms. The van der Waals surface area contributed by atoms with Gasteiger partial charge in [-0.25, -0.2) is 0 Å². The van der Waals surface area contributed by atoms with Crippen molar-refractivity contribution in [2.24, 2.45) is 0 Å². The third-order valence-corrected chi connectivity index (χ3v) is 7.76. The summed E-state index contributed by atoms with van der Waals surface area (Å²) in [5.41, 5.74) is 0. The Morgan fingerprint density at radius 3 is 1.00 bits per heavy atom. The fourth-order valence-electron chi connectivity index (χ4n) is 5.12. The first-order valence-corrected chi connectivity index (χ1v) is 18.0. The molecule has 0 fully saturated rings. The number of terminal acetylenes is 2. The number of hydrogen-bond acceptors (Lipinski definition) is 8. The maximum absolute atomic E-state index is 10.6. The average Bonchev–Trinajstić information content (AvgIpc) is 3.00. The molecule has 0 amide bonds. The zero-order chi connectivity index (χ0) is 34.7. The van der Waals surface area contributed by atoms with Crippen LogP contribution in [0.25, 0.3) is 0 Å². The Hall–Kier alpha value is -2.10. The lowest BCUT2D eigenvalue weighted by atomic mass is 10.0. The quantitative estimate of drug-likeness (QED) is 0.0365. The van der Waals surface area contributed by atoms with Crippen molar-refractivity contribution in [2.75, 3.05) is 13.2 Å². The third kappa shape index (κ3) is 39.9. The van der Waals surface area contributed by atoms with Crippen molar-refractivity contribution in [1.82, 2.24) is 0 Å². The molecular weight excluding hydrogens is 584 g/mol. The van der Waals surface area contributed by atoms with Crippen molar-refractivity contribution in [3.63, 3.8) is 0 Å². The van der Waals surface area contributed by atoms with Crippen LogP contribution in [-0.2, 0) is 19.1 Å². The third-order valence-electron chi connectivity index (χ3n) is 7.76. The molecule has 0 aromatic rings. The molecule has 0 aliphatic carbocycles. The van der Waals surface area contributed by atoms with Gasteiger partial charge in [0.25, 0.3) is 0 Å². The van der Waals surface area contributed by atoms with Crippen LogP contribution >= 0.6 is 0 Å². The minimum absolute atomic E-state index is 0.0340. The summed E-state index contributed by atoms with van der Waals surface area (Å²) in [7, 11) is 0. The highest BCUT2D eigenvalue weighted by atomic mass is 16.5. The van der Waals surface area contributed by atoms with Crippen LogP contribution < -0.4 is 0 Å². The van der Waals surface area contributed by atoms with E-state index in [9.17, 15) is 30.0 Å². The van der Waals surface area contributed by atoms with Crippen molar-refractivity contribution in [3.8, 4) is 24.7 Å². The fraction of sp³-hybridized carbons (Fsp3) is 0.842. The van der Waals surface area contributed by atoms with Crippen LogP contribution in [0.2, 0.25) is 0 Å². The minimum atomic E-state index is -0.775. The molecule has 4 N–H and O–H groups in total. The number of aliphatic hydroxyl groups excluding tert-OH is 4. The maximum Gasteiger partial charge on any atom is 0.302 e. The molecule has 0 bridgehead atoms. The van der Waals surface area contributed by atoms with Gasteiger partial charge >= 0.3 is 11.9 Å². The van der Waals surface area contributed by atoms with Crippen LogP contribution in [0.3, 0.4) is 0 Å². The number of rotatable bonds is 30. The van der Waals surface area contributed by atoms with Gasteiger partial charge in [0, 0.05) is 39.5 Å². The van der Waals surface area contributed by atoms with E-state index >= 15 is 0 Å². The van der Waals surface area contributed by atoms with Gasteiger partial charge in [0.1, 0.15) is 13.2 Å². The number of carbonyl (C=O) groups is 2. The van der Waals surface area contributed by atoms with Gasteiger partial charge in [-0.1, -0.05) is 103 Å². The Morgan fingerprint density at radius 2 is 0.739 bits per heavy atom. The molecule has 0 aliphatic heterocycles. The largest absolute Gasteiger partial charge is 0.463 e. The molecule has 0 rings (SSSR count). The van der Waals surface area contributed by atoms with Gasteiger partial charge in [0.15, 0.2) is 0 Å². The van der Waals surface area contributed by atoms with Gasteiger partial charge in [0.05, 0.1) is 24.4 Å². The Labute approximate surface area is 281 Å². The maximum atomic E-state index is 10.6. The smallest absolute Gasteiger partial charge is 0.302 e. The average molecular weight is 653 g/mol. The molecule has 0 spiro atoms. The van der Waals surface area contributed by atoms with Crippen molar-refractivity contribution >= 4 is 11.9 Å². The van der Waals surface area contributed by atoms with Crippen molar-refractivity contribution < 1.29 is 39.5 Å². The van der Waals surface area contributed by atoms with E-state index in [1.54, 1.807) is 0 Å². The highest BCUT2D eigenvalue weighted by Crippen LogP contribution is 2.15. The lowest BCUT2D eigenvalue weighted by molar-refractivity contribution is -0.145. The Balaban J connectivity index is 0. The van der Waals surface area contributed by atoms with E-state index < -0.39 is 36.4 Å². The molecule has 0 radical (unpaired) electrons. The number of unbranched alkanes of at least 4 members (excludes halogenated alkanes) is 18. The van der Waals surface area contributed by atoms with E-state index in [0.29, 0.717) is 12.8 Å². The second-order valence-electron chi connectivity index (χ2n) is 12.5. The first-order valence-electron chi connectivity index (χ1n) is 18.0. The summed E-state index contributed by atoms with van der Waals surface area (Å²) in [4.78, 5) is 21.2. The van der Waals surface area contributed by atoms with E-state index in [2.05, 4.69) is 11.8 Å². The van der Waals surface area contributed by atoms with Crippen LogP contribution in [0.4, 0.5) is 0 Å². The summed E-state index contributed by atoms with van der Waals surface area (Å²) in [6, 6.07) is 0. The van der Waals surface area contributed by atoms with Crippen LogP contribution in [0.15, 0.2) is 0 Å². The highest BCUT2D eigenvalue weighted by molar-refractivity contribution is 5.66. The van der Waals surface area contributed by atoms with Crippen LogP contribution in [0, 0.1) is 24.7 Å². The Bertz CT molecular complexity index is 708. The summed E-state index contributed by atoms with van der Waals surface area (Å²) in [5, 5.41) is 38.8. The monoisotopic (exact) mass is 652 g/mol. The number of aliphatic hydroxyl groups is 4. The highest BCUT2D eigenvalue weighted by Gasteiger charge is 2.14. The zero-order valence-electron chi connectivity index (χ0n) is 29.3. The number of ether oxygens (including phenoxy) is 2. The number of esters is 2. The number of hydrogen-bond donors (Lipinski definition) is 4. The first-order chi connectivity index (χ1) is 22.1. The predicted molar refractivity (Wildman–Crippen MR) is 186 cm³/mol. The second kappa shape index (κ2) is 35.7. The van der Waals surface area contributed by atoms with Crippen LogP contribution in [0.1, 0.15) is 168 Å². The SMILES string of the molecule is C#CCCCCCCCCCCCC(O)CC(O)COC(C)=O.C#CCCCCCCCCCCCC(O)CC(O)COC(C)=O. The first kappa shape index (κ1) is 46.0. The molecule has 0 saturated carbocycles. The van der Waals surface area contributed by atoms with E-state index in [4.69, 9.17) is 22.3 Å². The molecule has 4 unspecified atom stereocenters. The standard InChI is InChI=1S/2C19H34O4/c2*1-3-4-5-6-7-8-9-10-11-12-13-14-18(21)15-19(22)16-23-17(2)20/h2*1,18-19,21-22H,4-16H2,2H3. The van der Waals surface area contributed by atoms with Crippen LogP contribution in [-0.4, -0.2) is 70.0 Å². The molecule has 0 saturated heterocycles. The fourth-order valence-corrected chi connectivity index (χ4v) is 5.12. The molecule has 0 heterocycles. The van der Waals surface area contributed by atoms with Gasteiger partial charge in [0.2, 0.25) is 0 Å². The molecule has 8 nitrogen and oxygen atoms in total. The van der Waals surface area contributed by atoms with Crippen molar-refractivity contribution in [1.29, 1.82) is 0 Å². The van der Waals surface area contributed by atoms with Gasteiger partial charge in [-0.05, 0) is 25.7 Å². The lowest BCUT2D eigenvalue weighted by Crippen LogP contribution is -2.23. The summed E-state index contributed by atoms with van der Waals surface area (Å²) in [6.07, 6.45) is 33.1. The van der Waals surface area contributed by atoms with Gasteiger partial charge in [-0.2, -0.15) is 0 Å². The molecule has 46 heavy (non-hydrogen) atoms. The van der Waals surface area contributed by atoms with E-state index in [-0.39, 0.29) is 26.1 Å². The van der Waals surface area contributed by atoms with E-state index in [1.165, 1.54) is 90.9 Å². The predicted octanol–water partition coefficient (Wildman–Crippen LogP) is 7.17. The van der Waals surface area contributed by atoms with E-state index in [1.807, 2.05) is 0 Å². The molecule has 0 aliphatic rings. The lowest BCUT2D eigenvalue weighted by Gasteiger charge is -2.15. The number of carbonyl (C=O) groups excluding carboxylic acids is 2. The molecule has 0 aromatic heterocycles. The minimum Gasteiger partial charge on any atom is -0.463 e. The summed E-state index contributed by atoms with van der Waals surface area (Å²) >= 11 is 0. The van der Waals surface area contributed by atoms with Gasteiger partial charge in [-0.3, -0.25) is 9.59 Å². The van der Waals surface area contributed by atoms with Crippen LogP contribution in [0.5, 0.6) is 0 Å². The molecular formula is C38H68O8. The summed E-state index contributed by atoms with van der Waals surface area (Å²) < 4.78 is 9.41. The van der Waals surface area contributed by atoms with Gasteiger partial charge in [-0.15, -0.1) is 24.7 Å². The van der Waals surface area contributed by atoms with Crippen molar-refractivity contribution in [2.45, 2.75) is 192 Å². The second-order valence-corrected chi connectivity index (χ2v) is 12.5. The Morgan fingerprint density at radius 1 is 0.478 bits per heavy atom. The van der Waals surface area contributed by atoms with Crippen molar-refractivity contribution in [3.05, 3.63) is 0 Å². The normalized spacial score (nSPS) is 13.3. The Kier molecular flexibility index (Phi) is 35.8. The van der Waals surface area contributed by atoms with E-state index in [0.717, 1.165) is 51.4 Å². The molecule has 4 atom stereocenters. The molecule has 0 aromatic carbocycles. The topological polar surface area (TPSA) is 134 Å². The zero-order valence-corrected chi connectivity index (χ0v) is 29.3. The van der Waals surface area contributed by atoms with Gasteiger partial charge < -0.3 is 29.9 Å².